The minimum atomic E-state index is -0.420. The second-order valence-electron chi connectivity index (χ2n) is 4.77. The molecule has 0 unspecified atom stereocenters. The van der Waals surface area contributed by atoms with Gasteiger partial charge in [-0.15, -0.1) is 0 Å². The van der Waals surface area contributed by atoms with Gasteiger partial charge in [0.25, 0.3) is 5.56 Å². The summed E-state index contributed by atoms with van der Waals surface area (Å²) in [6.45, 7) is 1.88. The Kier molecular flexibility index (Phi) is 5.14. The van der Waals surface area contributed by atoms with Crippen molar-refractivity contribution in [3.05, 3.63) is 58.5 Å². The Hall–Kier alpha value is -3.09. The highest BCUT2D eigenvalue weighted by molar-refractivity contribution is 5.93. The molecule has 2 rings (SSSR count). The highest BCUT2D eigenvalue weighted by Crippen LogP contribution is 2.10. The van der Waals surface area contributed by atoms with E-state index in [1.54, 1.807) is 31.2 Å². The normalized spacial score (nSPS) is 10.1. The lowest BCUT2D eigenvalue weighted by Gasteiger charge is -2.08. The number of aromatic nitrogens is 1. The molecule has 0 atom stereocenters. The van der Waals surface area contributed by atoms with E-state index < -0.39 is 5.97 Å². The van der Waals surface area contributed by atoms with Gasteiger partial charge in [-0.3, -0.25) is 9.59 Å². The molecule has 1 aromatic carbocycles. The Balaban J connectivity index is 2.01. The van der Waals surface area contributed by atoms with Crippen molar-refractivity contribution in [1.82, 2.24) is 4.57 Å². The van der Waals surface area contributed by atoms with Crippen molar-refractivity contribution in [2.75, 3.05) is 17.7 Å². The molecule has 23 heavy (non-hydrogen) atoms. The monoisotopic (exact) mass is 315 g/mol. The average Bonchev–Trinajstić information content (AvgIpc) is 2.52. The molecule has 0 bridgehead atoms. The predicted octanol–water partition coefficient (Wildman–Crippen LogP) is 1.25. The van der Waals surface area contributed by atoms with Crippen LogP contribution in [-0.4, -0.2) is 23.1 Å². The summed E-state index contributed by atoms with van der Waals surface area (Å²) in [5.41, 5.74) is 6.59. The number of anilines is 2. The van der Waals surface area contributed by atoms with Crippen molar-refractivity contribution < 1.29 is 14.3 Å². The number of benzene rings is 1. The number of hydrogen-bond donors (Lipinski definition) is 2. The Bertz CT molecular complexity index is 766. The fraction of sp³-hybridized carbons (Fsp3) is 0.188. The van der Waals surface area contributed by atoms with Gasteiger partial charge in [0, 0.05) is 23.6 Å². The first-order chi connectivity index (χ1) is 11.0. The number of esters is 1. The number of ether oxygens (including phenoxy) is 1. The molecule has 0 aliphatic rings. The van der Waals surface area contributed by atoms with Crippen LogP contribution < -0.4 is 16.6 Å². The number of nitrogen functional groups attached to an aromatic ring is 1. The quantitative estimate of drug-likeness (QED) is 0.808. The van der Waals surface area contributed by atoms with E-state index in [0.717, 1.165) is 0 Å². The number of hydrogen-bond acceptors (Lipinski definition) is 5. The number of nitrogens with zero attached hydrogens (tertiary/aromatic N) is 1. The number of carbonyl (C=O) groups is 2. The summed E-state index contributed by atoms with van der Waals surface area (Å²) in [6.07, 6.45) is 1.41. The fourth-order valence-corrected chi connectivity index (χ4v) is 1.93. The molecule has 0 saturated heterocycles. The van der Waals surface area contributed by atoms with Gasteiger partial charge >= 0.3 is 5.97 Å². The first-order valence-electron chi connectivity index (χ1n) is 7.02. The van der Waals surface area contributed by atoms with Gasteiger partial charge in [-0.2, -0.15) is 0 Å². The van der Waals surface area contributed by atoms with Crippen molar-refractivity contribution >= 4 is 23.3 Å². The standard InChI is InChI=1S/C16H17N3O4/c1-2-23-16(22)11-3-6-13(7-4-11)18-14(20)10-19-9-12(17)5-8-15(19)21/h3-9H,2,10,17H2,1H3,(H,18,20). The molecule has 2 aromatic rings. The van der Waals surface area contributed by atoms with E-state index in [2.05, 4.69) is 5.32 Å². The van der Waals surface area contributed by atoms with Crippen LogP contribution in [0.15, 0.2) is 47.4 Å². The maximum atomic E-state index is 12.0. The Morgan fingerprint density at radius 3 is 2.52 bits per heavy atom. The Morgan fingerprint density at radius 2 is 1.87 bits per heavy atom. The summed E-state index contributed by atoms with van der Waals surface area (Å²) in [7, 11) is 0. The van der Waals surface area contributed by atoms with Crippen LogP contribution in [0, 0.1) is 0 Å². The SMILES string of the molecule is CCOC(=O)c1ccc(NC(=O)Cn2cc(N)ccc2=O)cc1. The summed E-state index contributed by atoms with van der Waals surface area (Å²) in [5.74, 6) is -0.793. The molecule has 1 aromatic heterocycles. The van der Waals surface area contributed by atoms with Crippen molar-refractivity contribution in [2.24, 2.45) is 0 Å². The summed E-state index contributed by atoms with van der Waals surface area (Å²) in [4.78, 5) is 35.1. The molecule has 0 spiro atoms. The van der Waals surface area contributed by atoms with E-state index in [9.17, 15) is 14.4 Å². The van der Waals surface area contributed by atoms with Gasteiger partial charge in [0.15, 0.2) is 0 Å². The predicted molar refractivity (Wildman–Crippen MR) is 86.1 cm³/mol. The number of amides is 1. The van der Waals surface area contributed by atoms with Crippen LogP contribution in [0.5, 0.6) is 0 Å². The first kappa shape index (κ1) is 16.3. The van der Waals surface area contributed by atoms with Gasteiger partial charge in [-0.25, -0.2) is 4.79 Å². The fourth-order valence-electron chi connectivity index (χ4n) is 1.93. The highest BCUT2D eigenvalue weighted by Gasteiger charge is 2.08. The molecule has 3 N–H and O–H groups in total. The Labute approximate surface area is 132 Å². The number of nitrogens with one attached hydrogen (secondary N) is 1. The van der Waals surface area contributed by atoms with Crippen LogP contribution in [0.4, 0.5) is 11.4 Å². The molecule has 7 heteroatoms. The van der Waals surface area contributed by atoms with Gasteiger partial charge < -0.3 is 20.4 Å². The molecule has 0 radical (unpaired) electrons. The minimum absolute atomic E-state index is 0.149. The van der Waals surface area contributed by atoms with Crippen molar-refractivity contribution in [3.63, 3.8) is 0 Å². The molecule has 0 aliphatic heterocycles. The van der Waals surface area contributed by atoms with Crippen LogP contribution in [0.25, 0.3) is 0 Å². The van der Waals surface area contributed by atoms with E-state index in [1.807, 2.05) is 0 Å². The molecular formula is C16H17N3O4. The third kappa shape index (κ3) is 4.44. The largest absolute Gasteiger partial charge is 0.462 e. The molecule has 1 amide bonds. The van der Waals surface area contributed by atoms with E-state index in [1.165, 1.54) is 22.9 Å². The molecule has 0 fully saturated rings. The lowest BCUT2D eigenvalue weighted by atomic mass is 10.2. The molecular weight excluding hydrogens is 298 g/mol. The second-order valence-corrected chi connectivity index (χ2v) is 4.77. The van der Waals surface area contributed by atoms with Gasteiger partial charge in [0.2, 0.25) is 5.91 Å². The third-order valence-corrected chi connectivity index (χ3v) is 3.00. The first-order valence-corrected chi connectivity index (χ1v) is 7.02. The highest BCUT2D eigenvalue weighted by atomic mass is 16.5. The van der Waals surface area contributed by atoms with E-state index >= 15 is 0 Å². The zero-order valence-corrected chi connectivity index (χ0v) is 12.6. The Morgan fingerprint density at radius 1 is 1.17 bits per heavy atom. The van der Waals surface area contributed by atoms with Gasteiger partial charge in [-0.05, 0) is 37.3 Å². The molecule has 0 saturated carbocycles. The summed E-state index contributed by atoms with van der Waals surface area (Å²) >= 11 is 0. The second kappa shape index (κ2) is 7.26. The molecule has 7 nitrogen and oxygen atoms in total. The topological polar surface area (TPSA) is 103 Å². The zero-order valence-electron chi connectivity index (χ0n) is 12.6. The number of nitrogens with two attached hydrogens (primary N) is 1. The number of carbonyl (C=O) groups excluding carboxylic acids is 2. The van der Waals surface area contributed by atoms with Gasteiger partial charge in [-0.1, -0.05) is 0 Å². The summed E-state index contributed by atoms with van der Waals surface area (Å²) in [5, 5.41) is 2.64. The van der Waals surface area contributed by atoms with Gasteiger partial charge in [0.05, 0.1) is 12.2 Å². The van der Waals surface area contributed by atoms with Crippen LogP contribution in [0.3, 0.4) is 0 Å². The van der Waals surface area contributed by atoms with E-state index in [4.69, 9.17) is 10.5 Å². The van der Waals surface area contributed by atoms with Crippen molar-refractivity contribution in [2.45, 2.75) is 13.5 Å². The molecule has 120 valence electrons. The van der Waals surface area contributed by atoms with Crippen LogP contribution in [0.2, 0.25) is 0 Å². The third-order valence-electron chi connectivity index (χ3n) is 3.00. The maximum absolute atomic E-state index is 12.0. The average molecular weight is 315 g/mol. The maximum Gasteiger partial charge on any atom is 0.338 e. The lowest BCUT2D eigenvalue weighted by molar-refractivity contribution is -0.116. The van der Waals surface area contributed by atoms with Crippen LogP contribution in [-0.2, 0) is 16.1 Å². The van der Waals surface area contributed by atoms with Crippen molar-refractivity contribution in [1.29, 1.82) is 0 Å². The van der Waals surface area contributed by atoms with E-state index in [0.29, 0.717) is 23.5 Å². The zero-order chi connectivity index (χ0) is 16.8. The summed E-state index contributed by atoms with van der Waals surface area (Å²) in [6, 6.07) is 9.07. The van der Waals surface area contributed by atoms with Crippen LogP contribution >= 0.6 is 0 Å². The lowest BCUT2D eigenvalue weighted by Crippen LogP contribution is -2.27. The smallest absolute Gasteiger partial charge is 0.338 e. The minimum Gasteiger partial charge on any atom is -0.462 e. The molecule has 1 heterocycles. The van der Waals surface area contributed by atoms with E-state index in [-0.39, 0.29) is 18.0 Å². The number of pyridine rings is 1. The number of rotatable bonds is 5. The molecule has 0 aliphatic carbocycles. The summed E-state index contributed by atoms with van der Waals surface area (Å²) < 4.78 is 6.10. The van der Waals surface area contributed by atoms with Gasteiger partial charge in [0.1, 0.15) is 6.54 Å². The van der Waals surface area contributed by atoms with Crippen molar-refractivity contribution in [3.8, 4) is 0 Å². The van der Waals surface area contributed by atoms with Crippen LogP contribution in [0.1, 0.15) is 17.3 Å².